The van der Waals surface area contributed by atoms with E-state index in [0.29, 0.717) is 6.54 Å². The maximum atomic E-state index is 10.4. The van der Waals surface area contributed by atoms with E-state index in [-0.39, 0.29) is 4.90 Å². The van der Waals surface area contributed by atoms with E-state index in [4.69, 9.17) is 5.26 Å². The van der Waals surface area contributed by atoms with E-state index < -0.39 is 10.1 Å². The van der Waals surface area contributed by atoms with Gasteiger partial charge >= 0.3 is 0 Å². The molecule has 0 fully saturated rings. The molecule has 0 heterocycles. The Labute approximate surface area is 198 Å². The second kappa shape index (κ2) is 18.1. The van der Waals surface area contributed by atoms with E-state index >= 15 is 0 Å². The van der Waals surface area contributed by atoms with Crippen LogP contribution in [0.4, 0.5) is 0 Å². The molecule has 1 rings (SSSR count). The fourth-order valence-electron chi connectivity index (χ4n) is 3.69. The quantitative estimate of drug-likeness (QED) is 0.119. The van der Waals surface area contributed by atoms with Crippen molar-refractivity contribution in [3.8, 4) is 6.07 Å². The van der Waals surface area contributed by atoms with Crippen LogP contribution >= 0.6 is 0 Å². The highest BCUT2D eigenvalue weighted by Crippen LogP contribution is 2.13. The van der Waals surface area contributed by atoms with Gasteiger partial charge in [0.15, 0.2) is 6.54 Å². The minimum Gasteiger partial charge on any atom is -0.744 e. The monoisotopic (exact) mass is 466 g/mol. The topological polar surface area (TPSA) is 81.0 Å². The highest BCUT2D eigenvalue weighted by atomic mass is 32.2. The molecule has 1 aromatic carbocycles. The van der Waals surface area contributed by atoms with Crippen molar-refractivity contribution in [1.82, 2.24) is 0 Å². The third-order valence-corrected chi connectivity index (χ3v) is 6.71. The zero-order chi connectivity index (χ0) is 24.3. The Morgan fingerprint density at radius 2 is 1.22 bits per heavy atom. The van der Waals surface area contributed by atoms with Gasteiger partial charge in [-0.3, -0.25) is 0 Å². The van der Waals surface area contributed by atoms with Crippen molar-refractivity contribution in [3.05, 3.63) is 29.8 Å². The maximum absolute atomic E-state index is 10.4. The number of hydrogen-bond donors (Lipinski definition) is 0. The average molecular weight is 467 g/mol. The summed E-state index contributed by atoms with van der Waals surface area (Å²) in [6.45, 7) is 9.41. The Kier molecular flexibility index (Phi) is 17.3. The molecule has 0 unspecified atom stereocenters. The molecule has 0 aliphatic heterocycles. The Morgan fingerprint density at radius 1 is 0.812 bits per heavy atom. The zero-order valence-corrected chi connectivity index (χ0v) is 21.8. The van der Waals surface area contributed by atoms with Gasteiger partial charge in [-0.25, -0.2) is 8.42 Å². The van der Waals surface area contributed by atoms with Crippen LogP contribution < -0.4 is 0 Å². The molecule has 184 valence electrons. The van der Waals surface area contributed by atoms with Crippen molar-refractivity contribution in [2.75, 3.05) is 26.7 Å². The molecule has 1 aromatic rings. The summed E-state index contributed by atoms with van der Waals surface area (Å²) in [4.78, 5) is -0.178. The maximum Gasteiger partial charge on any atom is 0.166 e. The van der Waals surface area contributed by atoms with Gasteiger partial charge < -0.3 is 9.04 Å². The lowest BCUT2D eigenvalue weighted by Gasteiger charge is -2.32. The Morgan fingerprint density at radius 3 is 1.59 bits per heavy atom. The fraction of sp³-hybridized carbons (Fsp3) is 0.731. The number of rotatable bonds is 16. The van der Waals surface area contributed by atoms with E-state index in [9.17, 15) is 13.0 Å². The fourth-order valence-corrected chi connectivity index (χ4v) is 4.16. The third-order valence-electron chi connectivity index (χ3n) is 5.87. The molecule has 32 heavy (non-hydrogen) atoms. The smallest absolute Gasteiger partial charge is 0.166 e. The van der Waals surface area contributed by atoms with E-state index in [2.05, 4.69) is 27.0 Å². The van der Waals surface area contributed by atoms with Crippen LogP contribution in [0.1, 0.15) is 96.5 Å². The van der Waals surface area contributed by atoms with Crippen molar-refractivity contribution >= 4 is 10.1 Å². The molecule has 0 spiro atoms. The lowest BCUT2D eigenvalue weighted by molar-refractivity contribution is -0.903. The molecule has 0 amide bonds. The minimum atomic E-state index is -4.27. The molecule has 6 heteroatoms. The van der Waals surface area contributed by atoms with Gasteiger partial charge in [-0.1, -0.05) is 82.9 Å². The summed E-state index contributed by atoms with van der Waals surface area (Å²) in [6.07, 6.45) is 16.2. The van der Waals surface area contributed by atoms with Crippen LogP contribution in [0.15, 0.2) is 29.2 Å². The minimum absolute atomic E-state index is 0.178. The Bertz CT molecular complexity index is 708. The molecular weight excluding hydrogens is 420 g/mol. The van der Waals surface area contributed by atoms with E-state index in [1.165, 1.54) is 102 Å². The summed E-state index contributed by atoms with van der Waals surface area (Å²) in [5.41, 5.74) is 0.928. The van der Waals surface area contributed by atoms with Crippen LogP contribution in [-0.2, 0) is 10.1 Å². The van der Waals surface area contributed by atoms with Gasteiger partial charge in [-0.2, -0.15) is 5.26 Å². The van der Waals surface area contributed by atoms with Crippen LogP contribution in [0.25, 0.3) is 0 Å². The molecule has 0 aliphatic carbocycles. The summed E-state index contributed by atoms with van der Waals surface area (Å²) in [6, 6.07) is 8.19. The summed E-state index contributed by atoms with van der Waals surface area (Å²) < 4.78 is 32.1. The Hall–Kier alpha value is -1.42. The SMILES string of the molecule is CCCCCCCC[N+](C)(CC#N)CCCCCCCC.Cc1ccc(S(=O)(=O)[O-])cc1. The summed E-state index contributed by atoms with van der Waals surface area (Å²) in [7, 11) is -1.99. The summed E-state index contributed by atoms with van der Waals surface area (Å²) in [5.74, 6) is 0. The number of quaternary nitrogens is 1. The van der Waals surface area contributed by atoms with Gasteiger partial charge in [0.25, 0.3) is 0 Å². The van der Waals surface area contributed by atoms with Gasteiger partial charge in [0.1, 0.15) is 16.2 Å². The molecule has 0 saturated heterocycles. The first kappa shape index (κ1) is 30.6. The van der Waals surface area contributed by atoms with Crippen molar-refractivity contribution in [2.45, 2.75) is 103 Å². The van der Waals surface area contributed by atoms with Crippen LogP contribution in [-0.4, -0.2) is 44.1 Å². The number of hydrogen-bond acceptors (Lipinski definition) is 4. The molecule has 0 aliphatic rings. The highest BCUT2D eigenvalue weighted by molar-refractivity contribution is 7.85. The van der Waals surface area contributed by atoms with Crippen molar-refractivity contribution in [3.63, 3.8) is 0 Å². The second-order valence-electron chi connectivity index (χ2n) is 9.19. The number of aryl methyl sites for hydroxylation is 1. The normalized spacial score (nSPS) is 11.5. The molecule has 0 bridgehead atoms. The average Bonchev–Trinajstić information content (AvgIpc) is 2.73. The first-order chi connectivity index (χ1) is 15.2. The lowest BCUT2D eigenvalue weighted by atomic mass is 10.1. The number of unbranched alkanes of at least 4 members (excludes halogenated alkanes) is 10. The summed E-state index contributed by atoms with van der Waals surface area (Å²) >= 11 is 0. The highest BCUT2D eigenvalue weighted by Gasteiger charge is 2.19. The van der Waals surface area contributed by atoms with Crippen molar-refractivity contribution in [2.24, 2.45) is 0 Å². The summed E-state index contributed by atoms with van der Waals surface area (Å²) in [5, 5.41) is 9.08. The van der Waals surface area contributed by atoms with Gasteiger partial charge in [-0.05, 0) is 44.7 Å². The van der Waals surface area contributed by atoms with E-state index in [0.717, 1.165) is 10.0 Å². The lowest BCUT2D eigenvalue weighted by Crippen LogP contribution is -2.45. The second-order valence-corrected chi connectivity index (χ2v) is 10.6. The first-order valence-electron chi connectivity index (χ1n) is 12.4. The molecule has 5 nitrogen and oxygen atoms in total. The first-order valence-corrected chi connectivity index (χ1v) is 13.8. The standard InChI is InChI=1S/C19H39N2.C7H8O3S/c1-4-6-8-10-12-14-17-21(3,19-16-20)18-15-13-11-9-7-5-2;1-6-2-4-7(5-3-6)11(8,9)10/h4-15,17-19H2,1-3H3;2-5H,1H3,(H,8,9,10)/q+1;/p-1. The van der Waals surface area contributed by atoms with Crippen LogP contribution in [0, 0.1) is 18.3 Å². The van der Waals surface area contributed by atoms with Crippen molar-refractivity contribution in [1.29, 1.82) is 5.26 Å². The van der Waals surface area contributed by atoms with Gasteiger partial charge in [0, 0.05) is 0 Å². The predicted molar refractivity (Wildman–Crippen MR) is 132 cm³/mol. The molecule has 0 aromatic heterocycles. The molecular formula is C26H46N2O3S. The molecule has 0 N–H and O–H groups in total. The number of nitriles is 1. The third kappa shape index (κ3) is 16.2. The van der Waals surface area contributed by atoms with Crippen LogP contribution in [0.5, 0.6) is 0 Å². The van der Waals surface area contributed by atoms with Crippen LogP contribution in [0.2, 0.25) is 0 Å². The zero-order valence-electron chi connectivity index (χ0n) is 20.9. The van der Waals surface area contributed by atoms with E-state index in [1.54, 1.807) is 12.1 Å². The largest absolute Gasteiger partial charge is 0.744 e. The van der Waals surface area contributed by atoms with Crippen LogP contribution in [0.3, 0.4) is 0 Å². The molecule has 0 radical (unpaired) electrons. The van der Waals surface area contributed by atoms with Crippen molar-refractivity contribution < 1.29 is 17.5 Å². The molecule has 0 atom stereocenters. The van der Waals surface area contributed by atoms with E-state index in [1.807, 2.05) is 6.92 Å². The molecule has 0 saturated carbocycles. The predicted octanol–water partition coefficient (Wildman–Crippen LogP) is 6.58. The van der Waals surface area contributed by atoms with Gasteiger partial charge in [0.2, 0.25) is 0 Å². The number of benzene rings is 1. The number of nitrogens with zero attached hydrogens (tertiary/aromatic N) is 2. The van der Waals surface area contributed by atoms with Gasteiger partial charge in [-0.15, -0.1) is 0 Å². The Balaban J connectivity index is 0.000000726. The van der Waals surface area contributed by atoms with Gasteiger partial charge in [0.05, 0.1) is 25.0 Å².